The molecule has 0 bridgehead atoms. The fourth-order valence-electron chi connectivity index (χ4n) is 2.85. The van der Waals surface area contributed by atoms with E-state index in [1.165, 1.54) is 5.56 Å². The molecule has 1 aromatic carbocycles. The molecular weight excluding hydrogens is 228 g/mol. The van der Waals surface area contributed by atoms with Gasteiger partial charge < -0.3 is 14.6 Å². The van der Waals surface area contributed by atoms with Gasteiger partial charge in [-0.1, -0.05) is 0 Å². The Hall–Kier alpha value is -1.22. The molecule has 1 aromatic rings. The molecule has 0 aromatic heterocycles. The first-order valence-electron chi connectivity index (χ1n) is 6.40. The molecule has 0 aliphatic carbocycles. The summed E-state index contributed by atoms with van der Waals surface area (Å²) in [4.78, 5) is 0. The Balaban J connectivity index is 2.64. The molecule has 100 valence electrons. The summed E-state index contributed by atoms with van der Waals surface area (Å²) < 4.78 is 11.6. The SMILES string of the molecule is COc1c(C)c2c(c(C)c1CCO)OC(C)(C)C2. The molecule has 1 N–H and O–H groups in total. The van der Waals surface area contributed by atoms with Crippen molar-refractivity contribution in [1.29, 1.82) is 0 Å². The molecule has 1 heterocycles. The molecule has 0 atom stereocenters. The molecule has 0 unspecified atom stereocenters. The van der Waals surface area contributed by atoms with Gasteiger partial charge >= 0.3 is 0 Å². The summed E-state index contributed by atoms with van der Waals surface area (Å²) in [6.45, 7) is 8.45. The first kappa shape index (κ1) is 13.2. The third-order valence-electron chi connectivity index (χ3n) is 3.68. The zero-order valence-electron chi connectivity index (χ0n) is 11.9. The monoisotopic (exact) mass is 250 g/mol. The van der Waals surface area contributed by atoms with Crippen LogP contribution in [0.1, 0.15) is 36.1 Å². The molecule has 18 heavy (non-hydrogen) atoms. The highest BCUT2D eigenvalue weighted by Crippen LogP contribution is 2.45. The van der Waals surface area contributed by atoms with Crippen LogP contribution in [-0.4, -0.2) is 24.4 Å². The second-order valence-electron chi connectivity index (χ2n) is 5.58. The topological polar surface area (TPSA) is 38.7 Å². The fourth-order valence-corrected chi connectivity index (χ4v) is 2.85. The molecule has 0 amide bonds. The van der Waals surface area contributed by atoms with Crippen LogP contribution in [0.3, 0.4) is 0 Å². The predicted octanol–water partition coefficient (Wildman–Crippen LogP) is 2.56. The molecule has 0 saturated carbocycles. The maximum atomic E-state index is 9.21. The van der Waals surface area contributed by atoms with E-state index in [2.05, 4.69) is 20.8 Å². The molecule has 1 aliphatic rings. The normalized spacial score (nSPS) is 16.3. The highest BCUT2D eigenvalue weighted by molar-refractivity contribution is 5.60. The van der Waals surface area contributed by atoms with Gasteiger partial charge in [0.25, 0.3) is 0 Å². The molecule has 0 radical (unpaired) electrons. The van der Waals surface area contributed by atoms with Crippen molar-refractivity contribution >= 4 is 0 Å². The Labute approximate surface area is 109 Å². The summed E-state index contributed by atoms with van der Waals surface area (Å²) in [6, 6.07) is 0. The van der Waals surface area contributed by atoms with Gasteiger partial charge in [0.15, 0.2) is 0 Å². The van der Waals surface area contributed by atoms with Crippen LogP contribution in [-0.2, 0) is 12.8 Å². The Morgan fingerprint density at radius 3 is 2.50 bits per heavy atom. The van der Waals surface area contributed by atoms with E-state index in [1.807, 2.05) is 6.92 Å². The van der Waals surface area contributed by atoms with E-state index in [-0.39, 0.29) is 12.2 Å². The lowest BCUT2D eigenvalue weighted by molar-refractivity contribution is 0.137. The van der Waals surface area contributed by atoms with E-state index in [4.69, 9.17) is 9.47 Å². The first-order valence-corrected chi connectivity index (χ1v) is 6.40. The number of benzene rings is 1. The first-order chi connectivity index (χ1) is 8.41. The number of hydrogen-bond acceptors (Lipinski definition) is 3. The van der Waals surface area contributed by atoms with E-state index in [0.29, 0.717) is 6.42 Å². The number of rotatable bonds is 3. The summed E-state index contributed by atoms with van der Waals surface area (Å²) in [7, 11) is 1.69. The van der Waals surface area contributed by atoms with E-state index >= 15 is 0 Å². The Kier molecular flexibility index (Phi) is 3.28. The van der Waals surface area contributed by atoms with Crippen molar-refractivity contribution in [3.8, 4) is 11.5 Å². The van der Waals surface area contributed by atoms with Crippen molar-refractivity contribution in [2.75, 3.05) is 13.7 Å². The highest BCUT2D eigenvalue weighted by Gasteiger charge is 2.35. The predicted molar refractivity (Wildman–Crippen MR) is 71.7 cm³/mol. The zero-order chi connectivity index (χ0) is 13.5. The minimum atomic E-state index is -0.152. The highest BCUT2D eigenvalue weighted by atomic mass is 16.5. The van der Waals surface area contributed by atoms with Crippen molar-refractivity contribution in [1.82, 2.24) is 0 Å². The Bertz CT molecular complexity index is 475. The average molecular weight is 250 g/mol. The minimum absolute atomic E-state index is 0.124. The van der Waals surface area contributed by atoms with Crippen LogP contribution in [0.4, 0.5) is 0 Å². The van der Waals surface area contributed by atoms with E-state index in [0.717, 1.165) is 34.6 Å². The quantitative estimate of drug-likeness (QED) is 0.896. The van der Waals surface area contributed by atoms with Gasteiger partial charge in [0.2, 0.25) is 0 Å². The number of aliphatic hydroxyl groups is 1. The van der Waals surface area contributed by atoms with Gasteiger partial charge in [-0.05, 0) is 45.2 Å². The smallest absolute Gasteiger partial charge is 0.127 e. The lowest BCUT2D eigenvalue weighted by Gasteiger charge is -2.19. The van der Waals surface area contributed by atoms with Crippen molar-refractivity contribution in [2.24, 2.45) is 0 Å². The number of hydrogen-bond donors (Lipinski definition) is 1. The third-order valence-corrected chi connectivity index (χ3v) is 3.68. The molecular formula is C15H22O3. The molecule has 3 heteroatoms. The van der Waals surface area contributed by atoms with E-state index < -0.39 is 0 Å². The van der Waals surface area contributed by atoms with Crippen LogP contribution in [0.2, 0.25) is 0 Å². The van der Waals surface area contributed by atoms with Crippen LogP contribution in [0, 0.1) is 13.8 Å². The second kappa shape index (κ2) is 4.47. The molecule has 2 rings (SSSR count). The van der Waals surface area contributed by atoms with Crippen LogP contribution < -0.4 is 9.47 Å². The summed E-state index contributed by atoms with van der Waals surface area (Å²) in [6.07, 6.45) is 1.51. The van der Waals surface area contributed by atoms with E-state index in [9.17, 15) is 5.11 Å². The van der Waals surface area contributed by atoms with Crippen molar-refractivity contribution in [3.05, 3.63) is 22.3 Å². The van der Waals surface area contributed by atoms with E-state index in [1.54, 1.807) is 7.11 Å². The number of ether oxygens (including phenoxy) is 2. The number of aliphatic hydroxyl groups excluding tert-OH is 1. The molecule has 0 fully saturated rings. The maximum absolute atomic E-state index is 9.21. The van der Waals surface area contributed by atoms with Gasteiger partial charge in [-0.25, -0.2) is 0 Å². The third kappa shape index (κ3) is 1.97. The van der Waals surface area contributed by atoms with Crippen LogP contribution in [0.25, 0.3) is 0 Å². The number of fused-ring (bicyclic) bond motifs is 1. The Morgan fingerprint density at radius 2 is 1.94 bits per heavy atom. The summed E-state index contributed by atoms with van der Waals surface area (Å²) in [5.74, 6) is 1.89. The van der Waals surface area contributed by atoms with Crippen molar-refractivity contribution in [2.45, 2.75) is 46.1 Å². The summed E-state index contributed by atoms with van der Waals surface area (Å²) in [5, 5.41) is 9.21. The Morgan fingerprint density at radius 1 is 1.28 bits per heavy atom. The van der Waals surface area contributed by atoms with Crippen molar-refractivity contribution < 1.29 is 14.6 Å². The number of methoxy groups -OCH3 is 1. The fraction of sp³-hybridized carbons (Fsp3) is 0.600. The van der Waals surface area contributed by atoms with Crippen molar-refractivity contribution in [3.63, 3.8) is 0 Å². The lowest BCUT2D eigenvalue weighted by Crippen LogP contribution is -2.24. The summed E-state index contributed by atoms with van der Waals surface area (Å²) >= 11 is 0. The largest absolute Gasteiger partial charge is 0.496 e. The van der Waals surface area contributed by atoms with Gasteiger partial charge in [-0.15, -0.1) is 0 Å². The standard InChI is InChI=1S/C15H22O3/c1-9-11(6-7-16)13(17-5)10(2)12-8-15(3,4)18-14(9)12/h16H,6-8H2,1-5H3. The second-order valence-corrected chi connectivity index (χ2v) is 5.58. The average Bonchev–Trinajstić information content (AvgIpc) is 2.63. The van der Waals surface area contributed by atoms with Crippen LogP contribution in [0.5, 0.6) is 11.5 Å². The maximum Gasteiger partial charge on any atom is 0.127 e. The van der Waals surface area contributed by atoms with Gasteiger partial charge in [-0.2, -0.15) is 0 Å². The minimum Gasteiger partial charge on any atom is -0.496 e. The molecule has 3 nitrogen and oxygen atoms in total. The summed E-state index contributed by atoms with van der Waals surface area (Å²) in [5.41, 5.74) is 4.41. The molecule has 0 saturated heterocycles. The van der Waals surface area contributed by atoms with Gasteiger partial charge in [-0.3, -0.25) is 0 Å². The lowest BCUT2D eigenvalue weighted by atomic mass is 9.92. The molecule has 0 spiro atoms. The van der Waals surface area contributed by atoms with Gasteiger partial charge in [0.05, 0.1) is 7.11 Å². The van der Waals surface area contributed by atoms with Crippen LogP contribution in [0.15, 0.2) is 0 Å². The molecule has 1 aliphatic heterocycles. The van der Waals surface area contributed by atoms with Crippen LogP contribution >= 0.6 is 0 Å². The van der Waals surface area contributed by atoms with Gasteiger partial charge in [0.1, 0.15) is 17.1 Å². The zero-order valence-corrected chi connectivity index (χ0v) is 11.9. The van der Waals surface area contributed by atoms with Gasteiger partial charge in [0, 0.05) is 24.2 Å².